The molecule has 3 heterocycles. The van der Waals surface area contributed by atoms with E-state index in [9.17, 15) is 0 Å². The molecule has 2 N–H and O–H groups in total. The smallest absolute Gasteiger partial charge is 0.220 e. The van der Waals surface area contributed by atoms with E-state index in [1.165, 1.54) is 0 Å². The maximum absolute atomic E-state index is 9.12. The SMILES string of the molecule is OCC(CO)Oc1ccc2nc(C=Cc3cnc(N4CCCOC4)s3)oc2c1. The van der Waals surface area contributed by atoms with Gasteiger partial charge in [0.1, 0.15) is 24.1 Å². The van der Waals surface area contributed by atoms with Crippen molar-refractivity contribution in [1.29, 1.82) is 0 Å². The zero-order valence-corrected chi connectivity index (χ0v) is 16.0. The van der Waals surface area contributed by atoms with Crippen LogP contribution >= 0.6 is 11.3 Å². The van der Waals surface area contributed by atoms with Crippen LogP contribution in [0.1, 0.15) is 17.2 Å². The van der Waals surface area contributed by atoms with Gasteiger partial charge in [0, 0.05) is 29.8 Å². The first-order valence-electron chi connectivity index (χ1n) is 9.01. The van der Waals surface area contributed by atoms with E-state index < -0.39 is 6.10 Å². The van der Waals surface area contributed by atoms with Crippen molar-refractivity contribution in [3.8, 4) is 5.75 Å². The molecule has 0 unspecified atom stereocenters. The highest BCUT2D eigenvalue weighted by atomic mass is 32.1. The van der Waals surface area contributed by atoms with E-state index in [4.69, 9.17) is 24.1 Å². The number of nitrogens with zero attached hydrogens (tertiary/aromatic N) is 3. The summed E-state index contributed by atoms with van der Waals surface area (Å²) in [7, 11) is 0. The fourth-order valence-electron chi connectivity index (χ4n) is 2.79. The van der Waals surface area contributed by atoms with Gasteiger partial charge in [-0.2, -0.15) is 0 Å². The second-order valence-electron chi connectivity index (χ2n) is 6.32. The first kappa shape index (κ1) is 18.9. The Morgan fingerprint density at radius 2 is 2.18 bits per heavy atom. The van der Waals surface area contributed by atoms with Gasteiger partial charge in [-0.15, -0.1) is 0 Å². The Balaban J connectivity index is 1.46. The Labute approximate surface area is 165 Å². The van der Waals surface area contributed by atoms with Gasteiger partial charge in [-0.3, -0.25) is 0 Å². The van der Waals surface area contributed by atoms with E-state index in [1.807, 2.05) is 12.3 Å². The molecule has 0 bridgehead atoms. The predicted octanol–water partition coefficient (Wildman–Crippen LogP) is 2.37. The number of ether oxygens (including phenoxy) is 2. The van der Waals surface area contributed by atoms with Crippen molar-refractivity contribution >= 4 is 39.7 Å². The quantitative estimate of drug-likeness (QED) is 0.620. The van der Waals surface area contributed by atoms with Crippen molar-refractivity contribution in [2.45, 2.75) is 12.5 Å². The molecule has 1 saturated heterocycles. The minimum absolute atomic E-state index is 0.265. The molecule has 4 rings (SSSR count). The maximum Gasteiger partial charge on any atom is 0.220 e. The third-order valence-electron chi connectivity index (χ3n) is 4.22. The van der Waals surface area contributed by atoms with Crippen LogP contribution in [0.15, 0.2) is 28.8 Å². The van der Waals surface area contributed by atoms with E-state index in [-0.39, 0.29) is 13.2 Å². The minimum Gasteiger partial charge on any atom is -0.485 e. The number of rotatable bonds is 7. The van der Waals surface area contributed by atoms with E-state index in [0.29, 0.717) is 29.5 Å². The Bertz CT molecular complexity index is 944. The Kier molecular flexibility index (Phi) is 5.87. The van der Waals surface area contributed by atoms with Gasteiger partial charge in [0.2, 0.25) is 5.89 Å². The molecule has 1 aliphatic heterocycles. The van der Waals surface area contributed by atoms with E-state index in [0.717, 1.165) is 29.6 Å². The number of hydrogen-bond acceptors (Lipinski definition) is 9. The van der Waals surface area contributed by atoms with Crippen LogP contribution in [0.5, 0.6) is 5.75 Å². The molecule has 0 amide bonds. The van der Waals surface area contributed by atoms with E-state index >= 15 is 0 Å². The van der Waals surface area contributed by atoms with E-state index in [1.54, 1.807) is 35.6 Å². The predicted molar refractivity (Wildman–Crippen MR) is 106 cm³/mol. The zero-order chi connectivity index (χ0) is 19.3. The highest BCUT2D eigenvalue weighted by molar-refractivity contribution is 7.16. The summed E-state index contributed by atoms with van der Waals surface area (Å²) in [6.07, 6.45) is 5.89. The van der Waals surface area contributed by atoms with Crippen LogP contribution < -0.4 is 9.64 Å². The van der Waals surface area contributed by atoms with Crippen molar-refractivity contribution in [3.05, 3.63) is 35.2 Å². The highest BCUT2D eigenvalue weighted by Crippen LogP contribution is 2.27. The van der Waals surface area contributed by atoms with Gasteiger partial charge < -0.3 is 29.0 Å². The Morgan fingerprint density at radius 1 is 1.29 bits per heavy atom. The molecule has 0 saturated carbocycles. The van der Waals surface area contributed by atoms with Gasteiger partial charge in [0.05, 0.1) is 19.8 Å². The standard InChI is InChI=1S/C19H21N3O5S/c23-10-14(11-24)26-13-2-4-16-17(8-13)27-18(21-16)5-3-15-9-20-19(28-15)22-6-1-7-25-12-22/h2-5,8-9,14,23-24H,1,6-7,10-12H2. The number of aliphatic hydroxyl groups is 2. The fraction of sp³-hybridized carbons (Fsp3) is 0.368. The number of fused-ring (bicyclic) bond motifs is 1. The van der Waals surface area contributed by atoms with Crippen LogP contribution in [-0.4, -0.2) is 59.4 Å². The lowest BCUT2D eigenvalue weighted by atomic mass is 10.3. The molecular formula is C19H21N3O5S. The third-order valence-corrected chi connectivity index (χ3v) is 5.25. The van der Waals surface area contributed by atoms with Crippen molar-refractivity contribution < 1.29 is 24.1 Å². The van der Waals surface area contributed by atoms with Crippen molar-refractivity contribution in [1.82, 2.24) is 9.97 Å². The molecule has 0 aliphatic carbocycles. The lowest BCUT2D eigenvalue weighted by molar-refractivity contribution is 0.0630. The van der Waals surface area contributed by atoms with Gasteiger partial charge in [-0.1, -0.05) is 11.3 Å². The van der Waals surface area contributed by atoms with Gasteiger partial charge in [-0.25, -0.2) is 9.97 Å². The summed E-state index contributed by atoms with van der Waals surface area (Å²) >= 11 is 1.59. The average molecular weight is 403 g/mol. The van der Waals surface area contributed by atoms with Crippen molar-refractivity contribution in [2.24, 2.45) is 0 Å². The normalized spacial score (nSPS) is 15.2. The lowest BCUT2D eigenvalue weighted by Crippen LogP contribution is -2.32. The second kappa shape index (κ2) is 8.70. The first-order chi connectivity index (χ1) is 13.7. The number of anilines is 1. The first-order valence-corrected chi connectivity index (χ1v) is 9.82. The summed E-state index contributed by atoms with van der Waals surface area (Å²) in [5.74, 6) is 0.979. The summed E-state index contributed by atoms with van der Waals surface area (Å²) in [6.45, 7) is 1.82. The summed E-state index contributed by atoms with van der Waals surface area (Å²) < 4.78 is 16.7. The summed E-state index contributed by atoms with van der Waals surface area (Å²) in [5.41, 5.74) is 1.27. The van der Waals surface area contributed by atoms with Gasteiger partial charge >= 0.3 is 0 Å². The lowest BCUT2D eigenvalue weighted by Gasteiger charge is -2.25. The van der Waals surface area contributed by atoms with Crippen LogP contribution in [0.4, 0.5) is 5.13 Å². The molecule has 28 heavy (non-hydrogen) atoms. The zero-order valence-electron chi connectivity index (χ0n) is 15.2. The molecule has 1 aromatic carbocycles. The molecule has 0 atom stereocenters. The number of oxazole rings is 1. The van der Waals surface area contributed by atoms with Gasteiger partial charge in [0.15, 0.2) is 10.7 Å². The number of benzene rings is 1. The molecule has 8 nitrogen and oxygen atoms in total. The van der Waals surface area contributed by atoms with Crippen LogP contribution in [0, 0.1) is 0 Å². The van der Waals surface area contributed by atoms with Gasteiger partial charge in [-0.05, 0) is 24.6 Å². The fourth-order valence-corrected chi connectivity index (χ4v) is 3.62. The second-order valence-corrected chi connectivity index (χ2v) is 7.36. The number of hydrogen-bond donors (Lipinski definition) is 2. The van der Waals surface area contributed by atoms with Crippen LogP contribution in [0.25, 0.3) is 23.3 Å². The molecular weight excluding hydrogens is 382 g/mol. The van der Waals surface area contributed by atoms with Crippen molar-refractivity contribution in [2.75, 3.05) is 38.0 Å². The van der Waals surface area contributed by atoms with Crippen molar-refractivity contribution in [3.63, 3.8) is 0 Å². The monoisotopic (exact) mass is 403 g/mol. The molecule has 0 spiro atoms. The summed E-state index contributed by atoms with van der Waals surface area (Å²) in [5, 5.41) is 19.2. The molecule has 148 valence electrons. The van der Waals surface area contributed by atoms with Crippen LogP contribution in [0.2, 0.25) is 0 Å². The van der Waals surface area contributed by atoms with E-state index in [2.05, 4.69) is 14.9 Å². The average Bonchev–Trinajstić information content (AvgIpc) is 3.37. The Hall–Kier alpha value is -2.46. The molecule has 2 aromatic heterocycles. The molecule has 1 fully saturated rings. The van der Waals surface area contributed by atoms with Gasteiger partial charge in [0.25, 0.3) is 0 Å². The van der Waals surface area contributed by atoms with Crippen LogP contribution in [0.3, 0.4) is 0 Å². The highest BCUT2D eigenvalue weighted by Gasteiger charge is 2.14. The number of aliphatic hydroxyl groups excluding tert-OH is 2. The molecule has 1 aliphatic rings. The molecule has 0 radical (unpaired) electrons. The molecule has 9 heteroatoms. The minimum atomic E-state index is -0.662. The number of aromatic nitrogens is 2. The Morgan fingerprint density at radius 3 is 2.96 bits per heavy atom. The topological polar surface area (TPSA) is 101 Å². The largest absolute Gasteiger partial charge is 0.485 e. The number of thiazole rings is 1. The summed E-state index contributed by atoms with van der Waals surface area (Å²) in [4.78, 5) is 12.0. The maximum atomic E-state index is 9.12. The van der Waals surface area contributed by atoms with Crippen LogP contribution in [-0.2, 0) is 4.74 Å². The summed E-state index contributed by atoms with van der Waals surface area (Å²) in [6, 6.07) is 5.20. The third kappa shape index (κ3) is 4.33. The molecule has 3 aromatic rings.